The van der Waals surface area contributed by atoms with E-state index in [1.807, 2.05) is 31.2 Å². The molecule has 0 aliphatic rings. The third-order valence-electron chi connectivity index (χ3n) is 3.28. The van der Waals surface area contributed by atoms with Crippen molar-refractivity contribution < 1.29 is 4.79 Å². The van der Waals surface area contributed by atoms with Gasteiger partial charge in [-0.1, -0.05) is 22.0 Å². The van der Waals surface area contributed by atoms with Gasteiger partial charge in [-0.2, -0.15) is 0 Å². The molecular formula is C16H17BrN2O. The molecule has 2 aromatic carbocycles. The molecule has 1 amide bonds. The van der Waals surface area contributed by atoms with Gasteiger partial charge in [-0.15, -0.1) is 0 Å². The summed E-state index contributed by atoms with van der Waals surface area (Å²) >= 11 is 3.45. The molecular weight excluding hydrogens is 316 g/mol. The lowest BCUT2D eigenvalue weighted by Gasteiger charge is -2.12. The summed E-state index contributed by atoms with van der Waals surface area (Å²) in [6.45, 7) is 4.77. The fraction of sp³-hybridized carbons (Fsp3) is 0.188. The number of amides is 1. The maximum Gasteiger partial charge on any atom is 0.248 e. The Balaban J connectivity index is 2.13. The molecule has 0 atom stereocenters. The van der Waals surface area contributed by atoms with Crippen molar-refractivity contribution >= 4 is 27.5 Å². The molecule has 104 valence electrons. The van der Waals surface area contributed by atoms with E-state index in [2.05, 4.69) is 34.2 Å². The largest absolute Gasteiger partial charge is 0.381 e. The molecule has 0 bridgehead atoms. The predicted molar refractivity (Wildman–Crippen MR) is 85.9 cm³/mol. The number of halogens is 1. The SMILES string of the molecule is Cc1cc(C(N)=O)ccc1CNc1ccc(Br)cc1C. The minimum absolute atomic E-state index is 0.392. The van der Waals surface area contributed by atoms with Crippen LogP contribution in [-0.2, 0) is 6.54 Å². The van der Waals surface area contributed by atoms with Gasteiger partial charge in [-0.05, 0) is 60.9 Å². The highest BCUT2D eigenvalue weighted by Crippen LogP contribution is 2.21. The minimum atomic E-state index is -0.392. The summed E-state index contributed by atoms with van der Waals surface area (Å²) in [5.41, 5.74) is 10.3. The van der Waals surface area contributed by atoms with E-state index in [1.165, 1.54) is 5.56 Å². The fourth-order valence-electron chi connectivity index (χ4n) is 2.06. The van der Waals surface area contributed by atoms with Crippen LogP contribution in [0.3, 0.4) is 0 Å². The number of carbonyl (C=O) groups excluding carboxylic acids is 1. The summed E-state index contributed by atoms with van der Waals surface area (Å²) in [5, 5.41) is 3.41. The lowest BCUT2D eigenvalue weighted by molar-refractivity contribution is 0.1000. The average molecular weight is 333 g/mol. The van der Waals surface area contributed by atoms with Crippen molar-refractivity contribution in [2.45, 2.75) is 20.4 Å². The molecule has 0 fully saturated rings. The van der Waals surface area contributed by atoms with Crippen LogP contribution in [-0.4, -0.2) is 5.91 Å². The molecule has 0 aliphatic carbocycles. The van der Waals surface area contributed by atoms with Gasteiger partial charge in [0.2, 0.25) is 5.91 Å². The standard InChI is InChI=1S/C16H17BrN2O/c1-10-7-12(16(18)20)3-4-13(10)9-19-15-6-5-14(17)8-11(15)2/h3-8,19H,9H2,1-2H3,(H2,18,20). The molecule has 0 aromatic heterocycles. The maximum atomic E-state index is 11.1. The van der Waals surface area contributed by atoms with Gasteiger partial charge in [0.05, 0.1) is 0 Å². The second-order valence-corrected chi connectivity index (χ2v) is 5.73. The van der Waals surface area contributed by atoms with Crippen LogP contribution in [0, 0.1) is 13.8 Å². The molecule has 0 heterocycles. The number of hydrogen-bond donors (Lipinski definition) is 2. The number of hydrogen-bond acceptors (Lipinski definition) is 2. The van der Waals surface area contributed by atoms with Crippen LogP contribution < -0.4 is 11.1 Å². The van der Waals surface area contributed by atoms with Gasteiger partial charge in [0.15, 0.2) is 0 Å². The molecule has 20 heavy (non-hydrogen) atoms. The second kappa shape index (κ2) is 6.09. The first-order chi connectivity index (χ1) is 9.47. The van der Waals surface area contributed by atoms with Crippen LogP contribution in [0.2, 0.25) is 0 Å². The molecule has 2 rings (SSSR count). The van der Waals surface area contributed by atoms with E-state index in [0.717, 1.165) is 21.3 Å². The molecule has 0 unspecified atom stereocenters. The van der Waals surface area contributed by atoms with Crippen LogP contribution >= 0.6 is 15.9 Å². The van der Waals surface area contributed by atoms with Gasteiger partial charge >= 0.3 is 0 Å². The van der Waals surface area contributed by atoms with Gasteiger partial charge in [-0.3, -0.25) is 4.79 Å². The smallest absolute Gasteiger partial charge is 0.248 e. The first-order valence-electron chi connectivity index (χ1n) is 6.36. The van der Waals surface area contributed by atoms with Crippen molar-refractivity contribution in [3.8, 4) is 0 Å². The average Bonchev–Trinajstić information content (AvgIpc) is 2.38. The van der Waals surface area contributed by atoms with Crippen LogP contribution in [0.5, 0.6) is 0 Å². The summed E-state index contributed by atoms with van der Waals surface area (Å²) in [5.74, 6) is -0.392. The number of carbonyl (C=O) groups is 1. The van der Waals surface area contributed by atoms with E-state index >= 15 is 0 Å². The van der Waals surface area contributed by atoms with Crippen molar-refractivity contribution in [1.82, 2.24) is 0 Å². The maximum absolute atomic E-state index is 11.1. The highest BCUT2D eigenvalue weighted by molar-refractivity contribution is 9.10. The molecule has 0 saturated heterocycles. The number of benzene rings is 2. The number of nitrogens with one attached hydrogen (secondary N) is 1. The Labute approximate surface area is 127 Å². The lowest BCUT2D eigenvalue weighted by Crippen LogP contribution is -2.12. The van der Waals surface area contributed by atoms with E-state index in [-0.39, 0.29) is 0 Å². The molecule has 3 N–H and O–H groups in total. The Bertz CT molecular complexity index is 653. The fourth-order valence-corrected chi connectivity index (χ4v) is 2.54. The van der Waals surface area contributed by atoms with Gasteiger partial charge in [0.25, 0.3) is 0 Å². The summed E-state index contributed by atoms with van der Waals surface area (Å²) in [4.78, 5) is 11.1. The number of aryl methyl sites for hydroxylation is 2. The Hall–Kier alpha value is -1.81. The quantitative estimate of drug-likeness (QED) is 0.895. The number of primary amides is 1. The van der Waals surface area contributed by atoms with Gasteiger partial charge in [0, 0.05) is 22.3 Å². The molecule has 0 saturated carbocycles. The van der Waals surface area contributed by atoms with Crippen LogP contribution in [0.1, 0.15) is 27.0 Å². The van der Waals surface area contributed by atoms with Gasteiger partial charge in [0.1, 0.15) is 0 Å². The molecule has 2 aromatic rings. The van der Waals surface area contributed by atoms with E-state index in [0.29, 0.717) is 12.1 Å². The van der Waals surface area contributed by atoms with E-state index in [9.17, 15) is 4.79 Å². The van der Waals surface area contributed by atoms with Crippen molar-refractivity contribution in [2.75, 3.05) is 5.32 Å². The summed E-state index contributed by atoms with van der Waals surface area (Å²) in [6, 6.07) is 11.7. The van der Waals surface area contributed by atoms with Crippen molar-refractivity contribution in [3.05, 3.63) is 63.1 Å². The molecule has 4 heteroatoms. The number of rotatable bonds is 4. The second-order valence-electron chi connectivity index (χ2n) is 4.82. The molecule has 3 nitrogen and oxygen atoms in total. The Morgan fingerprint density at radius 2 is 1.90 bits per heavy atom. The Morgan fingerprint density at radius 3 is 2.50 bits per heavy atom. The van der Waals surface area contributed by atoms with Crippen LogP contribution in [0.4, 0.5) is 5.69 Å². The zero-order valence-electron chi connectivity index (χ0n) is 11.5. The van der Waals surface area contributed by atoms with E-state index in [4.69, 9.17) is 5.73 Å². The first-order valence-corrected chi connectivity index (χ1v) is 7.16. The minimum Gasteiger partial charge on any atom is -0.381 e. The normalized spacial score (nSPS) is 10.3. The van der Waals surface area contributed by atoms with E-state index < -0.39 is 5.91 Å². The lowest BCUT2D eigenvalue weighted by atomic mass is 10.0. The first kappa shape index (κ1) is 14.6. The zero-order chi connectivity index (χ0) is 14.7. The van der Waals surface area contributed by atoms with Gasteiger partial charge in [-0.25, -0.2) is 0 Å². The zero-order valence-corrected chi connectivity index (χ0v) is 13.1. The van der Waals surface area contributed by atoms with Crippen LogP contribution in [0.25, 0.3) is 0 Å². The monoisotopic (exact) mass is 332 g/mol. The van der Waals surface area contributed by atoms with Crippen molar-refractivity contribution in [2.24, 2.45) is 5.73 Å². The molecule has 0 spiro atoms. The third kappa shape index (κ3) is 3.39. The summed E-state index contributed by atoms with van der Waals surface area (Å²) < 4.78 is 1.07. The Morgan fingerprint density at radius 1 is 1.15 bits per heavy atom. The topological polar surface area (TPSA) is 55.1 Å². The predicted octanol–water partition coefficient (Wildman–Crippen LogP) is 3.78. The van der Waals surface area contributed by atoms with Crippen molar-refractivity contribution in [1.29, 1.82) is 0 Å². The van der Waals surface area contributed by atoms with E-state index in [1.54, 1.807) is 6.07 Å². The summed E-state index contributed by atoms with van der Waals surface area (Å²) in [7, 11) is 0. The van der Waals surface area contributed by atoms with Crippen molar-refractivity contribution in [3.63, 3.8) is 0 Å². The highest BCUT2D eigenvalue weighted by atomic mass is 79.9. The number of anilines is 1. The molecule has 0 radical (unpaired) electrons. The highest BCUT2D eigenvalue weighted by Gasteiger charge is 2.05. The van der Waals surface area contributed by atoms with Gasteiger partial charge < -0.3 is 11.1 Å². The third-order valence-corrected chi connectivity index (χ3v) is 3.78. The molecule has 0 aliphatic heterocycles. The number of nitrogens with two attached hydrogens (primary N) is 1. The van der Waals surface area contributed by atoms with Crippen LogP contribution in [0.15, 0.2) is 40.9 Å². The Kier molecular flexibility index (Phi) is 4.45. The summed E-state index contributed by atoms with van der Waals surface area (Å²) in [6.07, 6.45) is 0.